The van der Waals surface area contributed by atoms with Gasteiger partial charge >= 0.3 is 0 Å². The zero-order valence-corrected chi connectivity index (χ0v) is 12.5. The summed E-state index contributed by atoms with van der Waals surface area (Å²) in [5.74, 6) is 0.970. The molecule has 0 bridgehead atoms. The zero-order chi connectivity index (χ0) is 13.0. The Labute approximate surface area is 113 Å². The van der Waals surface area contributed by atoms with Crippen molar-refractivity contribution in [3.8, 4) is 0 Å². The standard InChI is InChI=1S/C15H31N3/c1-4-16-15(13-7-8-13)12-17-10-9-14(11-17)18(5-2)6-3/h13-16H,4-12H2,1-3H3. The number of hydrogen-bond donors (Lipinski definition) is 1. The van der Waals surface area contributed by atoms with E-state index in [1.54, 1.807) is 0 Å². The van der Waals surface area contributed by atoms with Crippen molar-refractivity contribution in [1.29, 1.82) is 0 Å². The largest absolute Gasteiger partial charge is 0.313 e. The molecule has 3 nitrogen and oxygen atoms in total. The topological polar surface area (TPSA) is 18.5 Å². The lowest BCUT2D eigenvalue weighted by Gasteiger charge is -2.28. The Morgan fingerprint density at radius 3 is 2.44 bits per heavy atom. The van der Waals surface area contributed by atoms with Crippen LogP contribution in [0.2, 0.25) is 0 Å². The first-order chi connectivity index (χ1) is 8.78. The van der Waals surface area contributed by atoms with E-state index in [4.69, 9.17) is 0 Å². The van der Waals surface area contributed by atoms with E-state index in [0.29, 0.717) is 0 Å². The van der Waals surface area contributed by atoms with E-state index in [0.717, 1.165) is 24.5 Å². The molecule has 2 rings (SSSR count). The van der Waals surface area contributed by atoms with Gasteiger partial charge in [-0.1, -0.05) is 20.8 Å². The third-order valence-corrected chi connectivity index (χ3v) is 4.69. The van der Waals surface area contributed by atoms with Gasteiger partial charge < -0.3 is 10.2 Å². The second-order valence-corrected chi connectivity index (χ2v) is 5.92. The average molecular weight is 253 g/mol. The van der Waals surface area contributed by atoms with E-state index in [1.165, 1.54) is 52.0 Å². The first-order valence-electron chi connectivity index (χ1n) is 7.98. The molecule has 0 aromatic heterocycles. The van der Waals surface area contributed by atoms with Gasteiger partial charge in [-0.3, -0.25) is 4.90 Å². The van der Waals surface area contributed by atoms with Crippen molar-refractivity contribution in [3.63, 3.8) is 0 Å². The Morgan fingerprint density at radius 1 is 1.17 bits per heavy atom. The van der Waals surface area contributed by atoms with Crippen LogP contribution in [0.4, 0.5) is 0 Å². The fraction of sp³-hybridized carbons (Fsp3) is 1.00. The molecule has 0 aromatic rings. The molecule has 2 fully saturated rings. The summed E-state index contributed by atoms with van der Waals surface area (Å²) in [6.45, 7) is 14.2. The second-order valence-electron chi connectivity index (χ2n) is 5.92. The molecule has 0 amide bonds. The van der Waals surface area contributed by atoms with Gasteiger partial charge in [-0.15, -0.1) is 0 Å². The fourth-order valence-electron chi connectivity index (χ4n) is 3.44. The molecule has 1 aliphatic heterocycles. The summed E-state index contributed by atoms with van der Waals surface area (Å²) in [5, 5.41) is 3.69. The molecule has 106 valence electrons. The van der Waals surface area contributed by atoms with E-state index in [2.05, 4.69) is 35.9 Å². The molecule has 2 atom stereocenters. The molecule has 1 saturated carbocycles. The summed E-state index contributed by atoms with van der Waals surface area (Å²) in [5.41, 5.74) is 0. The van der Waals surface area contributed by atoms with Crippen LogP contribution in [0.1, 0.15) is 40.0 Å². The first-order valence-corrected chi connectivity index (χ1v) is 7.98. The number of nitrogens with one attached hydrogen (secondary N) is 1. The van der Waals surface area contributed by atoms with Crippen LogP contribution in [0.3, 0.4) is 0 Å². The Hall–Kier alpha value is -0.120. The van der Waals surface area contributed by atoms with Gasteiger partial charge in [0.25, 0.3) is 0 Å². The minimum absolute atomic E-state index is 0.755. The average Bonchev–Trinajstić information content (AvgIpc) is 3.12. The molecule has 1 aliphatic carbocycles. The lowest BCUT2D eigenvalue weighted by atomic mass is 10.1. The predicted octanol–water partition coefficient (Wildman–Crippen LogP) is 1.79. The van der Waals surface area contributed by atoms with Crippen molar-refractivity contribution < 1.29 is 0 Å². The van der Waals surface area contributed by atoms with Gasteiger partial charge in [-0.25, -0.2) is 0 Å². The van der Waals surface area contributed by atoms with Crippen LogP contribution >= 0.6 is 0 Å². The van der Waals surface area contributed by atoms with Crippen LogP contribution in [0.25, 0.3) is 0 Å². The molecule has 2 aliphatic rings. The summed E-state index contributed by atoms with van der Waals surface area (Å²) in [6.07, 6.45) is 4.27. The van der Waals surface area contributed by atoms with E-state index in [1.807, 2.05) is 0 Å². The molecule has 1 saturated heterocycles. The monoisotopic (exact) mass is 253 g/mol. The molecule has 18 heavy (non-hydrogen) atoms. The van der Waals surface area contributed by atoms with Gasteiger partial charge in [0, 0.05) is 25.2 Å². The van der Waals surface area contributed by atoms with E-state index in [-0.39, 0.29) is 0 Å². The number of likely N-dealkylation sites (N-methyl/N-ethyl adjacent to an activating group) is 2. The molecule has 0 radical (unpaired) electrons. The minimum Gasteiger partial charge on any atom is -0.313 e. The van der Waals surface area contributed by atoms with Crippen molar-refractivity contribution in [2.24, 2.45) is 5.92 Å². The third kappa shape index (κ3) is 3.69. The van der Waals surface area contributed by atoms with Crippen molar-refractivity contribution in [3.05, 3.63) is 0 Å². The summed E-state index contributed by atoms with van der Waals surface area (Å²) < 4.78 is 0. The highest BCUT2D eigenvalue weighted by molar-refractivity contribution is 4.91. The SMILES string of the molecule is CCNC(CN1CCC(N(CC)CC)C1)C1CC1. The van der Waals surface area contributed by atoms with Gasteiger partial charge in [0.15, 0.2) is 0 Å². The quantitative estimate of drug-likeness (QED) is 0.711. The smallest absolute Gasteiger partial charge is 0.0235 e. The predicted molar refractivity (Wildman–Crippen MR) is 78.0 cm³/mol. The lowest BCUT2D eigenvalue weighted by molar-refractivity contribution is 0.202. The number of nitrogens with zero attached hydrogens (tertiary/aromatic N) is 2. The van der Waals surface area contributed by atoms with Crippen LogP contribution in [0.15, 0.2) is 0 Å². The Morgan fingerprint density at radius 2 is 1.89 bits per heavy atom. The maximum Gasteiger partial charge on any atom is 0.0235 e. The van der Waals surface area contributed by atoms with Crippen molar-refractivity contribution in [1.82, 2.24) is 15.1 Å². The Bertz CT molecular complexity index is 236. The molecular weight excluding hydrogens is 222 g/mol. The minimum atomic E-state index is 0.755. The van der Waals surface area contributed by atoms with E-state index in [9.17, 15) is 0 Å². The highest BCUT2D eigenvalue weighted by atomic mass is 15.3. The summed E-state index contributed by atoms with van der Waals surface area (Å²) >= 11 is 0. The van der Waals surface area contributed by atoms with Crippen LogP contribution in [-0.2, 0) is 0 Å². The number of likely N-dealkylation sites (tertiary alicyclic amines) is 1. The zero-order valence-electron chi connectivity index (χ0n) is 12.5. The van der Waals surface area contributed by atoms with Gasteiger partial charge in [0.2, 0.25) is 0 Å². The number of rotatable bonds is 8. The van der Waals surface area contributed by atoms with Crippen molar-refractivity contribution in [2.45, 2.75) is 52.1 Å². The van der Waals surface area contributed by atoms with Crippen LogP contribution in [0.5, 0.6) is 0 Å². The van der Waals surface area contributed by atoms with Gasteiger partial charge in [0.05, 0.1) is 0 Å². The van der Waals surface area contributed by atoms with Crippen LogP contribution < -0.4 is 5.32 Å². The Kier molecular flexibility index (Phi) is 5.46. The van der Waals surface area contributed by atoms with E-state index >= 15 is 0 Å². The normalized spacial score (nSPS) is 27.0. The Balaban J connectivity index is 1.77. The van der Waals surface area contributed by atoms with Gasteiger partial charge in [-0.2, -0.15) is 0 Å². The van der Waals surface area contributed by atoms with Gasteiger partial charge in [-0.05, 0) is 51.4 Å². The van der Waals surface area contributed by atoms with Crippen LogP contribution in [-0.4, -0.2) is 61.2 Å². The van der Waals surface area contributed by atoms with Crippen LogP contribution in [0, 0.1) is 5.92 Å². The summed E-state index contributed by atoms with van der Waals surface area (Å²) in [4.78, 5) is 5.31. The van der Waals surface area contributed by atoms with E-state index < -0.39 is 0 Å². The number of hydrogen-bond acceptors (Lipinski definition) is 3. The molecule has 1 heterocycles. The highest BCUT2D eigenvalue weighted by Gasteiger charge is 2.34. The summed E-state index contributed by atoms with van der Waals surface area (Å²) in [6, 6.07) is 1.56. The maximum atomic E-state index is 3.69. The molecule has 2 unspecified atom stereocenters. The van der Waals surface area contributed by atoms with Crippen molar-refractivity contribution in [2.75, 3.05) is 39.3 Å². The maximum absolute atomic E-state index is 3.69. The molecule has 0 aromatic carbocycles. The molecule has 0 spiro atoms. The molecule has 3 heteroatoms. The second kappa shape index (κ2) is 6.88. The first kappa shape index (κ1) is 14.3. The van der Waals surface area contributed by atoms with Crippen molar-refractivity contribution >= 4 is 0 Å². The third-order valence-electron chi connectivity index (χ3n) is 4.69. The van der Waals surface area contributed by atoms with Gasteiger partial charge in [0.1, 0.15) is 0 Å². The lowest BCUT2D eigenvalue weighted by Crippen LogP contribution is -2.43. The highest BCUT2D eigenvalue weighted by Crippen LogP contribution is 2.33. The summed E-state index contributed by atoms with van der Waals surface area (Å²) in [7, 11) is 0. The molecule has 1 N–H and O–H groups in total. The fourth-order valence-corrected chi connectivity index (χ4v) is 3.44. The molecular formula is C15H31N3.